The molecule has 0 aromatic heterocycles. The van der Waals surface area contributed by atoms with Crippen molar-refractivity contribution in [1.29, 1.82) is 0 Å². The molecule has 1 heterocycles. The lowest BCUT2D eigenvalue weighted by Crippen LogP contribution is -2.66. The third kappa shape index (κ3) is 13.2. The van der Waals surface area contributed by atoms with E-state index in [1.54, 1.807) is 0 Å². The lowest BCUT2D eigenvalue weighted by atomic mass is 9.97. The van der Waals surface area contributed by atoms with E-state index in [2.05, 4.69) is 21.3 Å². The number of carboxylic acids is 1. The minimum atomic E-state index is -1.69. The van der Waals surface area contributed by atoms with Crippen LogP contribution in [-0.4, -0.2) is 114 Å². The molecule has 1 rings (SSSR count). The lowest BCUT2D eigenvalue weighted by molar-refractivity contribution is -0.257. The summed E-state index contributed by atoms with van der Waals surface area (Å²) in [7, 11) is 0. The minimum absolute atomic E-state index is 0.570. The molecule has 19 heteroatoms. The van der Waals surface area contributed by atoms with Crippen LogP contribution in [0, 0.1) is 0 Å². The van der Waals surface area contributed by atoms with Crippen LogP contribution >= 0.6 is 0 Å². The first-order chi connectivity index (χ1) is 20.8. The van der Waals surface area contributed by atoms with Gasteiger partial charge >= 0.3 is 29.8 Å². The first-order valence-electron chi connectivity index (χ1n) is 13.5. The van der Waals surface area contributed by atoms with Gasteiger partial charge in [0.1, 0.15) is 30.8 Å². The number of hydrogen-bond acceptors (Lipinski definition) is 14. The first kappa shape index (κ1) is 38.2. The van der Waals surface area contributed by atoms with Crippen LogP contribution in [0.25, 0.3) is 0 Å². The predicted octanol–water partition coefficient (Wildman–Crippen LogP) is -2.83. The number of hydrogen-bond donors (Lipinski definition) is 5. The van der Waals surface area contributed by atoms with Crippen LogP contribution in [0.1, 0.15) is 54.9 Å². The normalized spacial score (nSPS) is 22.6. The summed E-state index contributed by atoms with van der Waals surface area (Å²) < 4.78 is 26.5. The Balaban J connectivity index is 3.42. The Morgan fingerprint density at radius 2 is 1.22 bits per heavy atom. The summed E-state index contributed by atoms with van der Waals surface area (Å²) in [6.07, 6.45) is -8.63. The van der Waals surface area contributed by atoms with Gasteiger partial charge in [-0.1, -0.05) is 0 Å². The zero-order valence-corrected chi connectivity index (χ0v) is 25.7. The SMILES string of the molecule is CC(=O)N[C@@H](C)C(=O)N[C@@H](CC(=O)N[C@H]1O[C@H](COC(C)=O)[C@H](OC(C)=O)[C@H](OC(C)=O)[C@H]1OC(C)=O)C(=O)N[C@@H](C)C(=O)O. The van der Waals surface area contributed by atoms with Gasteiger partial charge in [0.25, 0.3) is 0 Å². The number of amides is 4. The standard InChI is InChI=1S/C26H38N4O15/c1-10(27-12(3)31)23(37)29-17(24(38)28-11(2)26(39)40)8-19(36)30-25-22(44-16(7)35)21(43-15(6)34)20(42-14(5)33)18(45-25)9-41-13(4)32/h10-11,17-18,20-22,25H,8-9H2,1-7H3,(H,27,31)(H,28,38)(H,29,37)(H,30,36)(H,39,40)/t10-,11-,17-,18+,20-,21-,22+,25-/m0/s1. The lowest BCUT2D eigenvalue weighted by Gasteiger charge is -2.44. The Labute approximate surface area is 257 Å². The van der Waals surface area contributed by atoms with E-state index in [0.717, 1.165) is 41.5 Å². The zero-order valence-electron chi connectivity index (χ0n) is 25.7. The second-order valence-corrected chi connectivity index (χ2v) is 9.94. The van der Waals surface area contributed by atoms with E-state index in [1.807, 2.05) is 0 Å². The quantitative estimate of drug-likeness (QED) is 0.0940. The smallest absolute Gasteiger partial charge is 0.325 e. The molecular weight excluding hydrogens is 608 g/mol. The van der Waals surface area contributed by atoms with E-state index in [-0.39, 0.29) is 0 Å². The highest BCUT2D eigenvalue weighted by atomic mass is 16.7. The summed E-state index contributed by atoms with van der Waals surface area (Å²) in [5.74, 6) is -8.47. The van der Waals surface area contributed by atoms with Crippen molar-refractivity contribution in [3.05, 3.63) is 0 Å². The molecule has 0 spiro atoms. The number of aliphatic carboxylic acids is 1. The number of carboxylic acid groups (broad SMARTS) is 1. The molecule has 1 aliphatic heterocycles. The number of ether oxygens (including phenoxy) is 5. The Hall–Kier alpha value is -4.81. The van der Waals surface area contributed by atoms with Crippen LogP contribution in [0.2, 0.25) is 0 Å². The van der Waals surface area contributed by atoms with Gasteiger partial charge in [-0.05, 0) is 13.8 Å². The topological polar surface area (TPSA) is 268 Å². The van der Waals surface area contributed by atoms with E-state index in [9.17, 15) is 43.2 Å². The Morgan fingerprint density at radius 3 is 1.71 bits per heavy atom. The molecule has 0 bridgehead atoms. The molecule has 0 saturated carbocycles. The van der Waals surface area contributed by atoms with E-state index in [1.165, 1.54) is 6.92 Å². The highest BCUT2D eigenvalue weighted by molar-refractivity contribution is 5.95. The monoisotopic (exact) mass is 646 g/mol. The van der Waals surface area contributed by atoms with Gasteiger partial charge < -0.3 is 50.1 Å². The number of esters is 4. The van der Waals surface area contributed by atoms with Gasteiger partial charge in [-0.25, -0.2) is 0 Å². The maximum Gasteiger partial charge on any atom is 0.325 e. The summed E-state index contributed by atoms with van der Waals surface area (Å²) in [6.45, 7) is 7.10. The maximum absolute atomic E-state index is 13.2. The Morgan fingerprint density at radius 1 is 0.689 bits per heavy atom. The number of rotatable bonds is 14. The molecular formula is C26H38N4O15. The highest BCUT2D eigenvalue weighted by Crippen LogP contribution is 2.28. The van der Waals surface area contributed by atoms with Gasteiger partial charge in [0.15, 0.2) is 24.5 Å². The Bertz CT molecular complexity index is 1170. The second-order valence-electron chi connectivity index (χ2n) is 9.94. The van der Waals surface area contributed by atoms with Crippen LogP contribution in [0.5, 0.6) is 0 Å². The van der Waals surface area contributed by atoms with Crippen molar-refractivity contribution in [3.8, 4) is 0 Å². The molecule has 8 atom stereocenters. The predicted molar refractivity (Wildman–Crippen MR) is 145 cm³/mol. The summed E-state index contributed by atoms with van der Waals surface area (Å²) in [5, 5.41) is 18.2. The molecule has 4 amide bonds. The second kappa shape index (κ2) is 17.5. The van der Waals surface area contributed by atoms with E-state index in [0.29, 0.717) is 0 Å². The molecule has 0 aromatic rings. The molecule has 0 aliphatic carbocycles. The summed E-state index contributed by atoms with van der Waals surface area (Å²) in [5.41, 5.74) is 0. The zero-order chi connectivity index (χ0) is 34.6. The van der Waals surface area contributed by atoms with E-state index in [4.69, 9.17) is 28.8 Å². The molecule has 45 heavy (non-hydrogen) atoms. The first-order valence-corrected chi connectivity index (χ1v) is 13.5. The third-order valence-corrected chi connectivity index (χ3v) is 5.86. The molecule has 1 aliphatic rings. The molecule has 1 fully saturated rings. The molecule has 5 N–H and O–H groups in total. The van der Waals surface area contributed by atoms with Crippen molar-refractivity contribution >= 4 is 53.5 Å². The fourth-order valence-corrected chi connectivity index (χ4v) is 4.00. The fraction of sp³-hybridized carbons (Fsp3) is 0.654. The average Bonchev–Trinajstić information content (AvgIpc) is 2.89. The molecule has 1 saturated heterocycles. The van der Waals surface area contributed by atoms with Crippen LogP contribution in [0.4, 0.5) is 0 Å². The van der Waals surface area contributed by atoms with Crippen molar-refractivity contribution in [1.82, 2.24) is 21.3 Å². The molecule has 0 unspecified atom stereocenters. The summed E-state index contributed by atoms with van der Waals surface area (Å²) in [6, 6.07) is -4.27. The van der Waals surface area contributed by atoms with Crippen molar-refractivity contribution in [3.63, 3.8) is 0 Å². The minimum Gasteiger partial charge on any atom is -0.480 e. The van der Waals surface area contributed by atoms with Gasteiger partial charge in [0.05, 0.1) is 6.42 Å². The summed E-state index contributed by atoms with van der Waals surface area (Å²) in [4.78, 5) is 109. The van der Waals surface area contributed by atoms with Gasteiger partial charge in [0.2, 0.25) is 23.6 Å². The molecule has 19 nitrogen and oxygen atoms in total. The van der Waals surface area contributed by atoms with Gasteiger partial charge in [0, 0.05) is 34.6 Å². The Kier molecular flexibility index (Phi) is 14.8. The van der Waals surface area contributed by atoms with E-state index >= 15 is 0 Å². The van der Waals surface area contributed by atoms with Gasteiger partial charge in [-0.15, -0.1) is 0 Å². The largest absolute Gasteiger partial charge is 0.480 e. The van der Waals surface area contributed by atoms with E-state index < -0.39 is 115 Å². The van der Waals surface area contributed by atoms with Gasteiger partial charge in [-0.3, -0.25) is 43.2 Å². The molecule has 0 radical (unpaired) electrons. The maximum atomic E-state index is 13.2. The van der Waals surface area contributed by atoms with Crippen LogP contribution in [0.15, 0.2) is 0 Å². The van der Waals surface area contributed by atoms with Crippen molar-refractivity contribution in [2.75, 3.05) is 6.61 Å². The number of nitrogens with one attached hydrogen (secondary N) is 4. The average molecular weight is 647 g/mol. The molecule has 252 valence electrons. The van der Waals surface area contributed by atoms with Crippen LogP contribution in [0.3, 0.4) is 0 Å². The van der Waals surface area contributed by atoms with Crippen LogP contribution < -0.4 is 21.3 Å². The van der Waals surface area contributed by atoms with Gasteiger partial charge in [-0.2, -0.15) is 0 Å². The summed E-state index contributed by atoms with van der Waals surface area (Å²) >= 11 is 0. The number of carbonyl (C=O) groups is 9. The van der Waals surface area contributed by atoms with Crippen molar-refractivity contribution in [2.45, 2.75) is 104 Å². The molecule has 0 aromatic carbocycles. The highest BCUT2D eigenvalue weighted by Gasteiger charge is 2.52. The number of carbonyl (C=O) groups excluding carboxylic acids is 8. The van der Waals surface area contributed by atoms with Crippen molar-refractivity contribution < 1.29 is 71.9 Å². The third-order valence-electron chi connectivity index (χ3n) is 5.86. The van der Waals surface area contributed by atoms with Crippen LogP contribution in [-0.2, 0) is 66.8 Å². The van der Waals surface area contributed by atoms with Crippen molar-refractivity contribution in [2.24, 2.45) is 0 Å². The fourth-order valence-electron chi connectivity index (χ4n) is 4.00.